The summed E-state index contributed by atoms with van der Waals surface area (Å²) in [5, 5.41) is 0. The molecule has 0 aliphatic heterocycles. The lowest BCUT2D eigenvalue weighted by atomic mass is 10.1. The number of aryl methyl sites for hydroxylation is 1. The Morgan fingerprint density at radius 2 is 1.85 bits per heavy atom. The summed E-state index contributed by atoms with van der Waals surface area (Å²) in [5.74, 6) is 0. The third kappa shape index (κ3) is 6.07. The highest BCUT2D eigenvalue weighted by atomic mass is 31.1. The van der Waals surface area contributed by atoms with E-state index in [0.29, 0.717) is 6.16 Å². The minimum absolute atomic E-state index is 0. The summed E-state index contributed by atoms with van der Waals surface area (Å²) in [5.41, 5.74) is 1.24. The molecule has 1 N–H and O–H groups in total. The summed E-state index contributed by atoms with van der Waals surface area (Å²) >= 11 is 0. The average Bonchev–Trinajstić information content (AvgIpc) is 2.05. The second-order valence-corrected chi connectivity index (χ2v) is 4.02. The standard InChI is InChI=1S/C9H13O2P.Al.3H/c10-12(11)8-4-7-9-5-2-1-3-6-9;;;;/h1-3,5-6,12H,4,7-8H2,(H,10,11);;;;. The van der Waals surface area contributed by atoms with Crippen LogP contribution in [0, 0.1) is 0 Å². The monoisotopic (exact) mass is 214 g/mol. The van der Waals surface area contributed by atoms with Gasteiger partial charge in [0.1, 0.15) is 0 Å². The second kappa shape index (κ2) is 7.36. The first-order valence-corrected chi connectivity index (χ1v) is 5.61. The van der Waals surface area contributed by atoms with E-state index in [0.717, 1.165) is 12.8 Å². The van der Waals surface area contributed by atoms with Gasteiger partial charge in [0.25, 0.3) is 0 Å². The molecule has 0 saturated heterocycles. The molecular formula is C9H16AlO2P. The van der Waals surface area contributed by atoms with E-state index >= 15 is 0 Å². The summed E-state index contributed by atoms with van der Waals surface area (Å²) in [7, 11) is -2.25. The maximum absolute atomic E-state index is 10.4. The van der Waals surface area contributed by atoms with E-state index in [1.165, 1.54) is 5.56 Å². The van der Waals surface area contributed by atoms with E-state index in [4.69, 9.17) is 4.89 Å². The van der Waals surface area contributed by atoms with Gasteiger partial charge in [0.05, 0.1) is 0 Å². The first kappa shape index (κ1) is 12.9. The molecule has 13 heavy (non-hydrogen) atoms. The van der Waals surface area contributed by atoms with Crippen LogP contribution in [0.1, 0.15) is 12.0 Å². The first-order chi connectivity index (χ1) is 5.79. The summed E-state index contributed by atoms with van der Waals surface area (Å²) in [6.07, 6.45) is 2.15. The Labute approximate surface area is 90.0 Å². The van der Waals surface area contributed by atoms with Gasteiger partial charge in [0, 0.05) is 6.16 Å². The molecule has 0 aliphatic rings. The lowest BCUT2D eigenvalue weighted by Crippen LogP contribution is -1.86. The average molecular weight is 214 g/mol. The highest BCUT2D eigenvalue weighted by Crippen LogP contribution is 2.15. The van der Waals surface area contributed by atoms with Crippen LogP contribution in [0.3, 0.4) is 0 Å². The Kier molecular flexibility index (Phi) is 7.32. The van der Waals surface area contributed by atoms with Crippen molar-refractivity contribution in [1.29, 1.82) is 0 Å². The predicted molar refractivity (Wildman–Crippen MR) is 60.8 cm³/mol. The maximum atomic E-state index is 10.4. The molecular weight excluding hydrogens is 198 g/mol. The van der Waals surface area contributed by atoms with Gasteiger partial charge >= 0.3 is 0 Å². The molecule has 1 atom stereocenters. The Morgan fingerprint density at radius 1 is 1.23 bits per heavy atom. The molecule has 0 spiro atoms. The lowest BCUT2D eigenvalue weighted by Gasteiger charge is -1.98. The van der Waals surface area contributed by atoms with E-state index in [1.54, 1.807) is 0 Å². The first-order valence-electron chi connectivity index (χ1n) is 4.05. The van der Waals surface area contributed by atoms with Gasteiger partial charge in [-0.1, -0.05) is 30.3 Å². The molecule has 0 amide bonds. The fourth-order valence-corrected chi connectivity index (χ4v) is 1.57. The Bertz CT molecular complexity index is 251. The predicted octanol–water partition coefficient (Wildman–Crippen LogP) is 0.902. The summed E-state index contributed by atoms with van der Waals surface area (Å²) < 4.78 is 10.4. The number of rotatable bonds is 4. The minimum Gasteiger partial charge on any atom is -0.346 e. The van der Waals surface area contributed by atoms with Crippen molar-refractivity contribution in [2.45, 2.75) is 12.8 Å². The number of hydrogen-bond donors (Lipinski definition) is 1. The molecule has 1 aromatic rings. The zero-order chi connectivity index (χ0) is 8.81. The van der Waals surface area contributed by atoms with Crippen molar-refractivity contribution >= 4 is 25.4 Å². The van der Waals surface area contributed by atoms with E-state index in [9.17, 15) is 4.57 Å². The van der Waals surface area contributed by atoms with Crippen LogP contribution in [0.5, 0.6) is 0 Å². The molecule has 0 aliphatic carbocycles. The zero-order valence-corrected chi connectivity index (χ0v) is 7.86. The third-order valence-corrected chi connectivity index (χ3v) is 2.48. The normalized spacial score (nSPS) is 11.8. The van der Waals surface area contributed by atoms with Gasteiger partial charge in [0.2, 0.25) is 0 Å². The van der Waals surface area contributed by atoms with Crippen molar-refractivity contribution in [3.05, 3.63) is 35.9 Å². The fraction of sp³-hybridized carbons (Fsp3) is 0.333. The maximum Gasteiger partial charge on any atom is 0.189 e. The van der Waals surface area contributed by atoms with E-state index in [-0.39, 0.29) is 17.4 Å². The summed E-state index contributed by atoms with van der Waals surface area (Å²) in [6, 6.07) is 10.0. The van der Waals surface area contributed by atoms with Crippen molar-refractivity contribution in [3.8, 4) is 0 Å². The van der Waals surface area contributed by atoms with Crippen LogP contribution in [0.2, 0.25) is 0 Å². The minimum atomic E-state index is -2.25. The molecule has 1 unspecified atom stereocenters. The van der Waals surface area contributed by atoms with Crippen LogP contribution in [0.15, 0.2) is 30.3 Å². The second-order valence-electron chi connectivity index (χ2n) is 2.73. The molecule has 2 nitrogen and oxygen atoms in total. The van der Waals surface area contributed by atoms with Crippen LogP contribution >= 0.6 is 8.03 Å². The number of hydrogen-bond acceptors (Lipinski definition) is 1. The molecule has 0 bridgehead atoms. The Hall–Kier alpha value is -0.0575. The van der Waals surface area contributed by atoms with Crippen LogP contribution in [-0.4, -0.2) is 28.4 Å². The van der Waals surface area contributed by atoms with E-state index in [2.05, 4.69) is 0 Å². The van der Waals surface area contributed by atoms with Crippen LogP contribution in [-0.2, 0) is 11.0 Å². The van der Waals surface area contributed by atoms with E-state index in [1.807, 2.05) is 30.3 Å². The Morgan fingerprint density at radius 3 is 2.38 bits per heavy atom. The molecule has 1 aromatic carbocycles. The van der Waals surface area contributed by atoms with Crippen LogP contribution in [0.25, 0.3) is 0 Å². The van der Waals surface area contributed by atoms with Crippen molar-refractivity contribution in [2.24, 2.45) is 0 Å². The molecule has 0 fully saturated rings. The van der Waals surface area contributed by atoms with Crippen molar-refractivity contribution in [2.75, 3.05) is 6.16 Å². The summed E-state index contributed by atoms with van der Waals surface area (Å²) in [4.78, 5) is 8.58. The van der Waals surface area contributed by atoms with Gasteiger partial charge in [-0.15, -0.1) is 0 Å². The van der Waals surface area contributed by atoms with Gasteiger partial charge in [-0.25, -0.2) is 0 Å². The van der Waals surface area contributed by atoms with Gasteiger partial charge < -0.3 is 4.89 Å². The van der Waals surface area contributed by atoms with Crippen molar-refractivity contribution in [1.82, 2.24) is 0 Å². The quantitative estimate of drug-likeness (QED) is 0.597. The van der Waals surface area contributed by atoms with Crippen LogP contribution in [0.4, 0.5) is 0 Å². The lowest BCUT2D eigenvalue weighted by molar-refractivity contribution is 0.501. The topological polar surface area (TPSA) is 37.3 Å². The Balaban J connectivity index is 0.00000144. The molecule has 0 radical (unpaired) electrons. The van der Waals surface area contributed by atoms with Gasteiger partial charge in [-0.2, -0.15) is 0 Å². The zero-order valence-electron chi connectivity index (χ0n) is 6.86. The van der Waals surface area contributed by atoms with Gasteiger partial charge in [0.15, 0.2) is 25.4 Å². The summed E-state index contributed by atoms with van der Waals surface area (Å²) in [6.45, 7) is 0. The third-order valence-electron chi connectivity index (χ3n) is 1.70. The smallest absolute Gasteiger partial charge is 0.189 e. The molecule has 0 aromatic heterocycles. The largest absolute Gasteiger partial charge is 0.346 e. The molecule has 4 heteroatoms. The molecule has 1 rings (SSSR count). The van der Waals surface area contributed by atoms with Gasteiger partial charge in [-0.05, 0) is 18.4 Å². The van der Waals surface area contributed by atoms with Crippen molar-refractivity contribution < 1.29 is 9.46 Å². The fourth-order valence-electron chi connectivity index (χ4n) is 1.09. The van der Waals surface area contributed by atoms with E-state index < -0.39 is 8.03 Å². The molecule has 72 valence electrons. The SMILES string of the molecule is O=[PH](O)CCCc1ccccc1.[AlH3]. The van der Waals surface area contributed by atoms with Crippen molar-refractivity contribution in [3.63, 3.8) is 0 Å². The number of benzene rings is 1. The van der Waals surface area contributed by atoms with Gasteiger partial charge in [-0.3, -0.25) is 4.57 Å². The highest BCUT2D eigenvalue weighted by Gasteiger charge is 1.94. The highest BCUT2D eigenvalue weighted by molar-refractivity contribution is 7.37. The molecule has 0 saturated carbocycles. The van der Waals surface area contributed by atoms with Crippen LogP contribution < -0.4 is 0 Å². The molecule has 0 heterocycles.